The molecule has 2 aliphatic carbocycles. The molecule has 0 spiro atoms. The minimum absolute atomic E-state index is 0.0532. The topological polar surface area (TPSA) is 110 Å². The molecule has 0 aromatic heterocycles. The summed E-state index contributed by atoms with van der Waals surface area (Å²) >= 11 is 0. The summed E-state index contributed by atoms with van der Waals surface area (Å²) in [7, 11) is 1.56. The molecule has 1 fully saturated rings. The van der Waals surface area contributed by atoms with Crippen LogP contribution in [0.25, 0.3) is 0 Å². The summed E-state index contributed by atoms with van der Waals surface area (Å²) in [4.78, 5) is 41.5. The lowest BCUT2D eigenvalue weighted by Crippen LogP contribution is -2.69. The number of hydrogen-bond acceptors (Lipinski definition) is 7. The predicted molar refractivity (Wildman–Crippen MR) is 129 cm³/mol. The number of rotatable bonds is 11. The highest BCUT2D eigenvalue weighted by molar-refractivity contribution is 6.31. The van der Waals surface area contributed by atoms with Gasteiger partial charge in [0.05, 0.1) is 22.7 Å². The standard InChI is InChI=1S/C27H44O7/c1-17(2)21(30)27-19(28)11-13-26(22(27)31,15-20(29)25(7,8)32)14-18(24(27,5)6)10-12-23(3,4)34-16-33-9/h11,13,17-18,20,29,32H,10,12,14-16H2,1-9H3/t18-,20?,26-,27+/m0/s1. The third-order valence-corrected chi connectivity index (χ3v) is 8.24. The van der Waals surface area contributed by atoms with Crippen molar-refractivity contribution < 1.29 is 34.1 Å². The number of aliphatic hydroxyl groups is 2. The summed E-state index contributed by atoms with van der Waals surface area (Å²) in [5.41, 5.74) is -5.91. The zero-order valence-electron chi connectivity index (χ0n) is 22.4. The zero-order chi connectivity index (χ0) is 26.3. The lowest BCUT2D eigenvalue weighted by atomic mass is 9.40. The molecule has 2 bridgehead atoms. The van der Waals surface area contributed by atoms with Gasteiger partial charge in [-0.1, -0.05) is 33.8 Å². The summed E-state index contributed by atoms with van der Waals surface area (Å²) in [6, 6.07) is 0. The monoisotopic (exact) mass is 480 g/mol. The number of ether oxygens (including phenoxy) is 2. The predicted octanol–water partition coefficient (Wildman–Crippen LogP) is 3.64. The fraction of sp³-hybridized carbons (Fsp3) is 0.815. The van der Waals surface area contributed by atoms with E-state index in [9.17, 15) is 24.6 Å². The molecule has 0 aromatic rings. The fourth-order valence-corrected chi connectivity index (χ4v) is 5.79. The molecule has 194 valence electrons. The zero-order valence-corrected chi connectivity index (χ0v) is 22.4. The Hall–Kier alpha value is -1.41. The molecule has 7 heteroatoms. The van der Waals surface area contributed by atoms with Gasteiger partial charge in [-0.25, -0.2) is 0 Å². The Morgan fingerprint density at radius 1 is 1.21 bits per heavy atom. The van der Waals surface area contributed by atoms with Crippen molar-refractivity contribution in [3.05, 3.63) is 12.2 Å². The second-order valence-electron chi connectivity index (χ2n) is 12.3. The minimum Gasteiger partial charge on any atom is -0.390 e. The third-order valence-electron chi connectivity index (χ3n) is 8.24. The van der Waals surface area contributed by atoms with E-state index in [4.69, 9.17) is 9.47 Å². The van der Waals surface area contributed by atoms with E-state index in [0.29, 0.717) is 19.3 Å². The number of aliphatic hydroxyl groups excluding tert-OH is 1. The third kappa shape index (κ3) is 4.81. The molecule has 2 rings (SSSR count). The van der Waals surface area contributed by atoms with Crippen LogP contribution in [0, 0.1) is 28.1 Å². The lowest BCUT2D eigenvalue weighted by Gasteiger charge is -2.59. The van der Waals surface area contributed by atoms with Crippen molar-refractivity contribution in [3.8, 4) is 0 Å². The van der Waals surface area contributed by atoms with E-state index >= 15 is 0 Å². The second kappa shape index (κ2) is 9.57. The molecular weight excluding hydrogens is 436 g/mol. The van der Waals surface area contributed by atoms with E-state index in [-0.39, 0.29) is 24.9 Å². The maximum Gasteiger partial charge on any atom is 0.177 e. The van der Waals surface area contributed by atoms with Crippen LogP contribution >= 0.6 is 0 Å². The molecule has 0 aromatic carbocycles. The smallest absolute Gasteiger partial charge is 0.177 e. The number of carbonyl (C=O) groups is 3. The molecule has 7 nitrogen and oxygen atoms in total. The van der Waals surface area contributed by atoms with Gasteiger partial charge in [0.25, 0.3) is 0 Å². The Morgan fingerprint density at radius 2 is 1.79 bits per heavy atom. The van der Waals surface area contributed by atoms with Gasteiger partial charge in [0.2, 0.25) is 0 Å². The highest BCUT2D eigenvalue weighted by Gasteiger charge is 2.72. The van der Waals surface area contributed by atoms with Crippen molar-refractivity contribution in [2.24, 2.45) is 28.1 Å². The number of carbonyl (C=O) groups excluding carboxylic acids is 3. The Morgan fingerprint density at radius 3 is 2.29 bits per heavy atom. The quantitative estimate of drug-likeness (QED) is 0.343. The van der Waals surface area contributed by atoms with Gasteiger partial charge in [-0.3, -0.25) is 14.4 Å². The Balaban J connectivity index is 2.62. The van der Waals surface area contributed by atoms with E-state index in [2.05, 4.69) is 0 Å². The molecule has 2 N–H and O–H groups in total. The van der Waals surface area contributed by atoms with Gasteiger partial charge >= 0.3 is 0 Å². The summed E-state index contributed by atoms with van der Waals surface area (Å²) in [6.45, 7) is 14.2. The number of hydrogen-bond donors (Lipinski definition) is 2. The second-order valence-corrected chi connectivity index (χ2v) is 12.3. The number of methoxy groups -OCH3 is 1. The molecule has 0 heterocycles. The van der Waals surface area contributed by atoms with Crippen LogP contribution in [0.4, 0.5) is 0 Å². The van der Waals surface area contributed by atoms with Crippen molar-refractivity contribution in [3.63, 3.8) is 0 Å². The molecule has 34 heavy (non-hydrogen) atoms. The van der Waals surface area contributed by atoms with Crippen LogP contribution in [0.1, 0.15) is 81.1 Å². The minimum atomic E-state index is -1.82. The average molecular weight is 481 g/mol. The van der Waals surface area contributed by atoms with E-state index in [1.807, 2.05) is 27.7 Å². The molecule has 4 atom stereocenters. The lowest BCUT2D eigenvalue weighted by molar-refractivity contribution is -0.178. The Labute approximate surface area is 204 Å². The van der Waals surface area contributed by atoms with Crippen LogP contribution in [0.5, 0.6) is 0 Å². The van der Waals surface area contributed by atoms with E-state index in [0.717, 1.165) is 0 Å². The van der Waals surface area contributed by atoms with E-state index in [1.165, 1.54) is 19.9 Å². The van der Waals surface area contributed by atoms with E-state index in [1.54, 1.807) is 27.0 Å². The Bertz CT molecular complexity index is 832. The fourth-order valence-electron chi connectivity index (χ4n) is 5.79. The van der Waals surface area contributed by atoms with Crippen LogP contribution in [0.2, 0.25) is 0 Å². The van der Waals surface area contributed by atoms with Crippen LogP contribution in [0.15, 0.2) is 12.2 Å². The van der Waals surface area contributed by atoms with Gasteiger partial charge in [-0.2, -0.15) is 0 Å². The van der Waals surface area contributed by atoms with Crippen molar-refractivity contribution in [1.82, 2.24) is 0 Å². The van der Waals surface area contributed by atoms with Crippen LogP contribution in [-0.4, -0.2) is 58.8 Å². The summed E-state index contributed by atoms with van der Waals surface area (Å²) in [5.74, 6) is -1.99. The van der Waals surface area contributed by atoms with Gasteiger partial charge in [0.1, 0.15) is 6.79 Å². The van der Waals surface area contributed by atoms with Crippen LogP contribution in [0.3, 0.4) is 0 Å². The first-order chi connectivity index (χ1) is 15.4. The molecule has 0 aliphatic heterocycles. The average Bonchev–Trinajstić information content (AvgIpc) is 2.70. The summed E-state index contributed by atoms with van der Waals surface area (Å²) in [6.07, 6.45) is 3.31. The molecule has 0 amide bonds. The first kappa shape index (κ1) is 28.8. The molecule has 0 saturated heterocycles. The van der Waals surface area contributed by atoms with Crippen LogP contribution in [-0.2, 0) is 23.9 Å². The molecule has 1 saturated carbocycles. The van der Waals surface area contributed by atoms with Crippen LogP contribution < -0.4 is 0 Å². The molecule has 0 radical (unpaired) electrons. The summed E-state index contributed by atoms with van der Waals surface area (Å²) in [5, 5.41) is 21.2. The first-order valence-corrected chi connectivity index (χ1v) is 12.3. The van der Waals surface area contributed by atoms with Gasteiger partial charge in [-0.05, 0) is 70.8 Å². The molecule has 2 aliphatic rings. The maximum absolute atomic E-state index is 14.2. The largest absolute Gasteiger partial charge is 0.390 e. The molecular formula is C27H44O7. The van der Waals surface area contributed by atoms with Crippen molar-refractivity contribution >= 4 is 17.3 Å². The van der Waals surface area contributed by atoms with Crippen molar-refractivity contribution in [2.45, 2.75) is 98.4 Å². The highest BCUT2D eigenvalue weighted by Crippen LogP contribution is 2.63. The first-order valence-electron chi connectivity index (χ1n) is 12.3. The number of allylic oxidation sites excluding steroid dienone is 2. The highest BCUT2D eigenvalue weighted by atomic mass is 16.7. The number of ketones is 3. The summed E-state index contributed by atoms with van der Waals surface area (Å²) < 4.78 is 10.9. The normalized spacial score (nSPS) is 30.1. The van der Waals surface area contributed by atoms with Crippen molar-refractivity contribution in [1.29, 1.82) is 0 Å². The van der Waals surface area contributed by atoms with Gasteiger partial charge in [0, 0.05) is 13.0 Å². The van der Waals surface area contributed by atoms with Crippen molar-refractivity contribution in [2.75, 3.05) is 13.9 Å². The number of fused-ring (bicyclic) bond motifs is 2. The number of Topliss-reactive ketones (excluding diaryl/α,β-unsaturated/α-hetero) is 2. The van der Waals surface area contributed by atoms with Gasteiger partial charge in [0.15, 0.2) is 22.8 Å². The Kier molecular flexibility index (Phi) is 8.11. The molecule has 1 unspecified atom stereocenters. The van der Waals surface area contributed by atoms with Gasteiger partial charge in [-0.15, -0.1) is 0 Å². The maximum atomic E-state index is 14.2. The van der Waals surface area contributed by atoms with Gasteiger partial charge < -0.3 is 19.7 Å². The van der Waals surface area contributed by atoms with E-state index < -0.39 is 51.0 Å². The SMILES string of the molecule is COCOC(C)(C)CC[C@H]1C[C@]2(CC(O)C(C)(C)O)C=CC(=O)[C@@](C(=O)C(C)C)(C2=O)C1(C)C.